The van der Waals surface area contributed by atoms with Gasteiger partial charge in [-0.05, 0) is 42.3 Å². The van der Waals surface area contributed by atoms with E-state index in [0.29, 0.717) is 23.7 Å². The number of aromatic hydroxyl groups is 1. The molecule has 2 aromatic rings. The van der Waals surface area contributed by atoms with E-state index in [1.807, 2.05) is 12.1 Å². The van der Waals surface area contributed by atoms with E-state index in [2.05, 4.69) is 5.32 Å². The van der Waals surface area contributed by atoms with Crippen LogP contribution in [-0.2, 0) is 6.42 Å². The van der Waals surface area contributed by atoms with E-state index < -0.39 is 5.97 Å². The molecule has 0 aliphatic heterocycles. The van der Waals surface area contributed by atoms with Crippen LogP contribution < -0.4 is 5.32 Å². The standard InChI is InChI=1S/C15H14ClNO3/c16-11-3-6-13(15(19)20)14(9-11)17-8-7-10-1-4-12(18)5-2-10/h1-6,9,17-18H,7-8H2,(H,19,20). The van der Waals surface area contributed by atoms with Crippen LogP contribution in [0.4, 0.5) is 5.69 Å². The number of hydrogen-bond donors (Lipinski definition) is 3. The third-order valence-corrected chi connectivity index (χ3v) is 3.11. The summed E-state index contributed by atoms with van der Waals surface area (Å²) in [5, 5.41) is 21.8. The normalized spacial score (nSPS) is 10.2. The van der Waals surface area contributed by atoms with Gasteiger partial charge in [-0.15, -0.1) is 0 Å². The van der Waals surface area contributed by atoms with Crippen LogP contribution in [0.5, 0.6) is 5.75 Å². The van der Waals surface area contributed by atoms with Crippen molar-refractivity contribution in [3.63, 3.8) is 0 Å². The Kier molecular flexibility index (Phi) is 4.48. The second kappa shape index (κ2) is 6.30. The second-order valence-electron chi connectivity index (χ2n) is 4.34. The van der Waals surface area contributed by atoms with Gasteiger partial charge in [0.05, 0.1) is 11.3 Å². The first-order valence-corrected chi connectivity index (χ1v) is 6.48. The number of aromatic carboxylic acids is 1. The quantitative estimate of drug-likeness (QED) is 0.790. The fraction of sp³-hybridized carbons (Fsp3) is 0.133. The van der Waals surface area contributed by atoms with Crippen LogP contribution in [0, 0.1) is 0 Å². The third kappa shape index (κ3) is 3.65. The Morgan fingerprint density at radius 1 is 1.15 bits per heavy atom. The number of anilines is 1. The van der Waals surface area contributed by atoms with Crippen molar-refractivity contribution in [2.75, 3.05) is 11.9 Å². The number of carboxylic acid groups (broad SMARTS) is 1. The number of carbonyl (C=O) groups is 1. The van der Waals surface area contributed by atoms with E-state index >= 15 is 0 Å². The lowest BCUT2D eigenvalue weighted by molar-refractivity contribution is 0.0698. The topological polar surface area (TPSA) is 69.6 Å². The molecule has 0 atom stereocenters. The molecule has 20 heavy (non-hydrogen) atoms. The summed E-state index contributed by atoms with van der Waals surface area (Å²) in [7, 11) is 0. The van der Waals surface area contributed by atoms with Gasteiger partial charge in [0.2, 0.25) is 0 Å². The first-order chi connectivity index (χ1) is 9.56. The molecule has 2 rings (SSSR count). The van der Waals surface area contributed by atoms with E-state index in [1.165, 1.54) is 6.07 Å². The minimum atomic E-state index is -0.992. The lowest BCUT2D eigenvalue weighted by Crippen LogP contribution is -2.09. The second-order valence-corrected chi connectivity index (χ2v) is 4.77. The van der Waals surface area contributed by atoms with Gasteiger partial charge in [0.15, 0.2) is 0 Å². The van der Waals surface area contributed by atoms with Crippen LogP contribution in [-0.4, -0.2) is 22.7 Å². The fourth-order valence-electron chi connectivity index (χ4n) is 1.85. The molecule has 104 valence electrons. The summed E-state index contributed by atoms with van der Waals surface area (Å²) in [6.45, 7) is 0.575. The maximum absolute atomic E-state index is 11.1. The van der Waals surface area contributed by atoms with Gasteiger partial charge in [-0.2, -0.15) is 0 Å². The Morgan fingerprint density at radius 2 is 1.85 bits per heavy atom. The molecule has 2 aromatic carbocycles. The first kappa shape index (κ1) is 14.2. The zero-order valence-electron chi connectivity index (χ0n) is 10.6. The number of rotatable bonds is 5. The zero-order valence-corrected chi connectivity index (χ0v) is 11.4. The molecule has 4 nitrogen and oxygen atoms in total. The molecule has 0 spiro atoms. The molecule has 0 bridgehead atoms. The van der Waals surface area contributed by atoms with Crippen LogP contribution >= 0.6 is 11.6 Å². The third-order valence-electron chi connectivity index (χ3n) is 2.88. The molecule has 0 aromatic heterocycles. The van der Waals surface area contributed by atoms with Gasteiger partial charge in [0.25, 0.3) is 0 Å². The van der Waals surface area contributed by atoms with Gasteiger partial charge < -0.3 is 15.5 Å². The van der Waals surface area contributed by atoms with Crippen LogP contribution in [0.3, 0.4) is 0 Å². The molecular weight excluding hydrogens is 278 g/mol. The van der Waals surface area contributed by atoms with E-state index in [1.54, 1.807) is 24.3 Å². The predicted octanol–water partition coefficient (Wildman–Crippen LogP) is 3.40. The Bertz CT molecular complexity index is 611. The van der Waals surface area contributed by atoms with Crippen molar-refractivity contribution in [1.29, 1.82) is 0 Å². The van der Waals surface area contributed by atoms with Crippen molar-refractivity contribution in [2.24, 2.45) is 0 Å². The molecule has 0 saturated carbocycles. The molecule has 0 fully saturated rings. The number of hydrogen-bond acceptors (Lipinski definition) is 3. The molecule has 0 aliphatic rings. The fourth-order valence-corrected chi connectivity index (χ4v) is 2.03. The molecule has 0 unspecified atom stereocenters. The van der Waals surface area contributed by atoms with E-state index in [4.69, 9.17) is 16.7 Å². The smallest absolute Gasteiger partial charge is 0.337 e. The molecule has 0 heterocycles. The van der Waals surface area contributed by atoms with Gasteiger partial charge in [0.1, 0.15) is 5.75 Å². The summed E-state index contributed by atoms with van der Waals surface area (Å²) in [4.78, 5) is 11.1. The van der Waals surface area contributed by atoms with Crippen LogP contribution in [0.25, 0.3) is 0 Å². The summed E-state index contributed by atoms with van der Waals surface area (Å²) in [6, 6.07) is 11.5. The van der Waals surface area contributed by atoms with Crippen molar-refractivity contribution < 1.29 is 15.0 Å². The summed E-state index contributed by atoms with van der Waals surface area (Å²) >= 11 is 5.87. The van der Waals surface area contributed by atoms with Crippen molar-refractivity contribution in [2.45, 2.75) is 6.42 Å². The highest BCUT2D eigenvalue weighted by atomic mass is 35.5. The maximum atomic E-state index is 11.1. The van der Waals surface area contributed by atoms with E-state index in [9.17, 15) is 9.90 Å². The summed E-state index contributed by atoms with van der Waals surface area (Å²) in [5.41, 5.74) is 1.75. The number of phenols is 1. The number of carboxylic acids is 1. The van der Waals surface area contributed by atoms with Crippen molar-refractivity contribution >= 4 is 23.3 Å². The van der Waals surface area contributed by atoms with E-state index in [-0.39, 0.29) is 11.3 Å². The molecule has 5 heteroatoms. The summed E-state index contributed by atoms with van der Waals surface area (Å²) in [6.07, 6.45) is 0.714. The monoisotopic (exact) mass is 291 g/mol. The molecule has 0 saturated heterocycles. The molecule has 0 aliphatic carbocycles. The zero-order chi connectivity index (χ0) is 14.5. The lowest BCUT2D eigenvalue weighted by Gasteiger charge is -2.10. The lowest BCUT2D eigenvalue weighted by atomic mass is 10.1. The average molecular weight is 292 g/mol. The predicted molar refractivity (Wildman–Crippen MR) is 78.7 cm³/mol. The highest BCUT2D eigenvalue weighted by Gasteiger charge is 2.09. The largest absolute Gasteiger partial charge is 0.508 e. The van der Waals surface area contributed by atoms with Crippen molar-refractivity contribution in [3.8, 4) is 5.75 Å². The van der Waals surface area contributed by atoms with Gasteiger partial charge >= 0.3 is 5.97 Å². The summed E-state index contributed by atoms with van der Waals surface area (Å²) in [5.74, 6) is -0.765. The number of benzene rings is 2. The maximum Gasteiger partial charge on any atom is 0.337 e. The Hall–Kier alpha value is -2.20. The Labute approximate surface area is 121 Å². The Morgan fingerprint density at radius 3 is 2.50 bits per heavy atom. The van der Waals surface area contributed by atoms with Crippen LogP contribution in [0.1, 0.15) is 15.9 Å². The molecule has 0 radical (unpaired) electrons. The SMILES string of the molecule is O=C(O)c1ccc(Cl)cc1NCCc1ccc(O)cc1. The molecule has 0 amide bonds. The highest BCUT2D eigenvalue weighted by Crippen LogP contribution is 2.21. The molecular formula is C15H14ClNO3. The van der Waals surface area contributed by atoms with Crippen molar-refractivity contribution in [1.82, 2.24) is 0 Å². The van der Waals surface area contributed by atoms with Gasteiger partial charge in [-0.3, -0.25) is 0 Å². The number of phenolic OH excluding ortho intramolecular Hbond substituents is 1. The number of nitrogens with one attached hydrogen (secondary N) is 1. The van der Waals surface area contributed by atoms with Crippen molar-refractivity contribution in [3.05, 3.63) is 58.6 Å². The molecule has 3 N–H and O–H groups in total. The minimum absolute atomic E-state index is 0.195. The average Bonchev–Trinajstić information content (AvgIpc) is 2.41. The Balaban J connectivity index is 2.02. The van der Waals surface area contributed by atoms with Gasteiger partial charge in [-0.25, -0.2) is 4.79 Å². The first-order valence-electron chi connectivity index (χ1n) is 6.11. The highest BCUT2D eigenvalue weighted by molar-refractivity contribution is 6.31. The summed E-state index contributed by atoms with van der Waals surface area (Å²) < 4.78 is 0. The minimum Gasteiger partial charge on any atom is -0.508 e. The van der Waals surface area contributed by atoms with Gasteiger partial charge in [-0.1, -0.05) is 23.7 Å². The van der Waals surface area contributed by atoms with Crippen LogP contribution in [0.2, 0.25) is 5.02 Å². The van der Waals surface area contributed by atoms with Gasteiger partial charge in [0, 0.05) is 11.6 Å². The van der Waals surface area contributed by atoms with Crippen LogP contribution in [0.15, 0.2) is 42.5 Å². The number of halogens is 1. The van der Waals surface area contributed by atoms with E-state index in [0.717, 1.165) is 5.56 Å².